The minimum absolute atomic E-state index is 0.0935. The summed E-state index contributed by atoms with van der Waals surface area (Å²) < 4.78 is 0. The molecule has 1 aliphatic rings. The maximum absolute atomic E-state index is 12.5. The maximum atomic E-state index is 12.5. The van der Waals surface area contributed by atoms with Crippen LogP contribution in [0.1, 0.15) is 5.56 Å². The van der Waals surface area contributed by atoms with Crippen molar-refractivity contribution in [3.05, 3.63) is 60.4 Å². The predicted molar refractivity (Wildman–Crippen MR) is 117 cm³/mol. The molecule has 3 aromatic rings. The Bertz CT molecular complexity index is 1040. The Hall–Kier alpha value is -3.52. The van der Waals surface area contributed by atoms with Gasteiger partial charge in [0.2, 0.25) is 11.9 Å². The summed E-state index contributed by atoms with van der Waals surface area (Å²) in [5, 5.41) is 6.62. The van der Waals surface area contributed by atoms with Gasteiger partial charge in [0.05, 0.1) is 6.54 Å². The van der Waals surface area contributed by atoms with Crippen LogP contribution in [0, 0.1) is 0 Å². The molecule has 8 heteroatoms. The highest BCUT2D eigenvalue weighted by atomic mass is 16.2. The SMILES string of the molecule is CN1CC(=O)N(C)CCNc2cccc(c2)-c2ncnc(n2)Nc2cccc(c2)C1. The van der Waals surface area contributed by atoms with Crippen LogP contribution in [-0.4, -0.2) is 64.4 Å². The number of carbonyl (C=O) groups is 1. The zero-order valence-electron chi connectivity index (χ0n) is 17.2. The summed E-state index contributed by atoms with van der Waals surface area (Å²) in [6.07, 6.45) is 1.52. The number of rotatable bonds is 0. The number of hydrogen-bond acceptors (Lipinski definition) is 7. The molecule has 1 aromatic heterocycles. The van der Waals surface area contributed by atoms with Crippen LogP contribution in [0.5, 0.6) is 0 Å². The summed E-state index contributed by atoms with van der Waals surface area (Å²) in [5.74, 6) is 1.18. The van der Waals surface area contributed by atoms with E-state index in [1.165, 1.54) is 6.33 Å². The molecule has 0 saturated carbocycles. The lowest BCUT2D eigenvalue weighted by atomic mass is 10.2. The Morgan fingerprint density at radius 1 is 0.967 bits per heavy atom. The van der Waals surface area contributed by atoms with Crippen LogP contribution in [0.3, 0.4) is 0 Å². The third-order valence-electron chi connectivity index (χ3n) is 4.94. The number of aromatic nitrogens is 3. The first-order valence-corrected chi connectivity index (χ1v) is 9.89. The summed E-state index contributed by atoms with van der Waals surface area (Å²) in [6.45, 7) is 2.30. The summed E-state index contributed by atoms with van der Waals surface area (Å²) in [4.78, 5) is 29.5. The number of anilines is 3. The van der Waals surface area contributed by atoms with Crippen LogP contribution in [0.25, 0.3) is 11.4 Å². The van der Waals surface area contributed by atoms with Crippen molar-refractivity contribution in [3.63, 3.8) is 0 Å². The average molecular weight is 403 g/mol. The highest BCUT2D eigenvalue weighted by Crippen LogP contribution is 2.21. The molecule has 4 rings (SSSR count). The van der Waals surface area contributed by atoms with Gasteiger partial charge >= 0.3 is 0 Å². The van der Waals surface area contributed by atoms with Crippen molar-refractivity contribution in [2.75, 3.05) is 44.4 Å². The van der Waals surface area contributed by atoms with E-state index < -0.39 is 0 Å². The number of carbonyl (C=O) groups excluding carboxylic acids is 1. The van der Waals surface area contributed by atoms with E-state index in [4.69, 9.17) is 0 Å². The Morgan fingerprint density at radius 2 is 1.80 bits per heavy atom. The first-order chi connectivity index (χ1) is 14.6. The molecule has 0 saturated heterocycles. The molecular formula is C22H25N7O. The van der Waals surface area contributed by atoms with E-state index in [1.54, 1.807) is 4.90 Å². The fraction of sp³-hybridized carbons (Fsp3) is 0.273. The Labute approximate surface area is 176 Å². The van der Waals surface area contributed by atoms with Crippen molar-refractivity contribution in [2.45, 2.75) is 6.54 Å². The lowest BCUT2D eigenvalue weighted by Gasteiger charge is -2.22. The average Bonchev–Trinajstić information content (AvgIpc) is 2.73. The number of likely N-dealkylation sites (N-methyl/N-ethyl adjacent to an activating group) is 2. The largest absolute Gasteiger partial charge is 0.383 e. The third kappa shape index (κ3) is 4.90. The van der Waals surface area contributed by atoms with Gasteiger partial charge in [-0.2, -0.15) is 4.98 Å². The highest BCUT2D eigenvalue weighted by molar-refractivity contribution is 5.78. The summed E-state index contributed by atoms with van der Waals surface area (Å²) in [6, 6.07) is 15.9. The molecule has 30 heavy (non-hydrogen) atoms. The van der Waals surface area contributed by atoms with E-state index in [9.17, 15) is 4.79 Å². The minimum atomic E-state index is 0.0935. The van der Waals surface area contributed by atoms with Crippen LogP contribution in [-0.2, 0) is 11.3 Å². The normalized spacial score (nSPS) is 15.5. The highest BCUT2D eigenvalue weighted by Gasteiger charge is 2.13. The van der Waals surface area contributed by atoms with Gasteiger partial charge in [-0.1, -0.05) is 24.3 Å². The number of benzene rings is 2. The van der Waals surface area contributed by atoms with Crippen molar-refractivity contribution in [1.29, 1.82) is 0 Å². The number of hydrogen-bond donors (Lipinski definition) is 2. The molecule has 0 spiro atoms. The van der Waals surface area contributed by atoms with Gasteiger partial charge in [-0.25, -0.2) is 9.97 Å². The fourth-order valence-electron chi connectivity index (χ4n) is 3.35. The third-order valence-corrected chi connectivity index (χ3v) is 4.94. The van der Waals surface area contributed by atoms with E-state index in [1.807, 2.05) is 67.5 Å². The van der Waals surface area contributed by atoms with Crippen molar-refractivity contribution in [2.24, 2.45) is 0 Å². The number of nitrogens with zero attached hydrogens (tertiary/aromatic N) is 5. The van der Waals surface area contributed by atoms with Crippen molar-refractivity contribution >= 4 is 23.2 Å². The molecule has 8 nitrogen and oxygen atoms in total. The van der Waals surface area contributed by atoms with E-state index in [0.717, 1.165) is 22.5 Å². The monoisotopic (exact) mass is 403 g/mol. The lowest BCUT2D eigenvalue weighted by Crippen LogP contribution is -2.38. The first kappa shape index (κ1) is 19.8. The van der Waals surface area contributed by atoms with E-state index in [2.05, 4.69) is 25.6 Å². The van der Waals surface area contributed by atoms with Gasteiger partial charge in [-0.15, -0.1) is 0 Å². The zero-order chi connectivity index (χ0) is 20.9. The molecule has 0 aliphatic carbocycles. The molecule has 1 aliphatic heterocycles. The van der Waals surface area contributed by atoms with Gasteiger partial charge < -0.3 is 15.5 Å². The van der Waals surface area contributed by atoms with Gasteiger partial charge in [-0.05, 0) is 36.9 Å². The number of fused-ring (bicyclic) bond motifs is 7. The molecule has 0 radical (unpaired) electrons. The van der Waals surface area contributed by atoms with Crippen molar-refractivity contribution in [1.82, 2.24) is 24.8 Å². The van der Waals surface area contributed by atoms with Gasteiger partial charge in [-0.3, -0.25) is 9.69 Å². The van der Waals surface area contributed by atoms with Gasteiger partial charge in [0.25, 0.3) is 0 Å². The minimum Gasteiger partial charge on any atom is -0.383 e. The van der Waals surface area contributed by atoms with E-state index in [0.29, 0.717) is 38.0 Å². The topological polar surface area (TPSA) is 86.3 Å². The quantitative estimate of drug-likeness (QED) is 0.597. The summed E-state index contributed by atoms with van der Waals surface area (Å²) in [7, 11) is 3.79. The molecule has 1 amide bonds. The van der Waals surface area contributed by atoms with Crippen LogP contribution in [0.4, 0.5) is 17.3 Å². The van der Waals surface area contributed by atoms with Crippen LogP contribution in [0.2, 0.25) is 0 Å². The maximum Gasteiger partial charge on any atom is 0.236 e. The second-order valence-corrected chi connectivity index (χ2v) is 7.45. The van der Waals surface area contributed by atoms with Gasteiger partial charge in [0.15, 0.2) is 5.82 Å². The Kier molecular flexibility index (Phi) is 5.85. The molecule has 154 valence electrons. The molecule has 0 atom stereocenters. The van der Waals surface area contributed by atoms with Crippen LogP contribution < -0.4 is 10.6 Å². The Balaban J connectivity index is 1.67. The van der Waals surface area contributed by atoms with Crippen molar-refractivity contribution < 1.29 is 4.79 Å². The fourth-order valence-corrected chi connectivity index (χ4v) is 3.35. The standard InChI is InChI=1S/C22H25N7O/c1-28-13-16-5-3-8-19(11-16)26-22-25-15-24-21(27-22)17-6-4-7-18(12-17)23-9-10-29(2)20(30)14-28/h3-8,11-12,15,23H,9-10,13-14H2,1-2H3,(H,24,25,26,27). The number of nitrogens with one attached hydrogen (secondary N) is 2. The van der Waals surface area contributed by atoms with E-state index >= 15 is 0 Å². The molecule has 0 unspecified atom stereocenters. The molecule has 2 aromatic carbocycles. The van der Waals surface area contributed by atoms with Crippen molar-refractivity contribution in [3.8, 4) is 11.4 Å². The smallest absolute Gasteiger partial charge is 0.236 e. The first-order valence-electron chi connectivity index (χ1n) is 9.89. The molecule has 6 bridgehead atoms. The van der Waals surface area contributed by atoms with Crippen LogP contribution in [0.15, 0.2) is 54.9 Å². The molecule has 0 fully saturated rings. The summed E-state index contributed by atoms with van der Waals surface area (Å²) in [5.41, 5.74) is 3.83. The lowest BCUT2D eigenvalue weighted by molar-refractivity contribution is -0.130. The summed E-state index contributed by atoms with van der Waals surface area (Å²) >= 11 is 0. The Morgan fingerprint density at radius 3 is 2.70 bits per heavy atom. The predicted octanol–water partition coefficient (Wildman–Crippen LogP) is 2.60. The van der Waals surface area contributed by atoms with Crippen LogP contribution >= 0.6 is 0 Å². The second kappa shape index (κ2) is 8.87. The molecular weight excluding hydrogens is 378 g/mol. The molecule has 2 heterocycles. The number of amides is 1. The zero-order valence-corrected chi connectivity index (χ0v) is 17.2. The molecule has 2 N–H and O–H groups in total. The second-order valence-electron chi connectivity index (χ2n) is 7.45. The van der Waals surface area contributed by atoms with E-state index in [-0.39, 0.29) is 5.91 Å². The van der Waals surface area contributed by atoms with Gasteiger partial charge in [0.1, 0.15) is 6.33 Å². The van der Waals surface area contributed by atoms with Gasteiger partial charge in [0, 0.05) is 43.6 Å².